The molecule has 1 aromatic rings. The first kappa shape index (κ1) is 14.1. The lowest BCUT2D eigenvalue weighted by molar-refractivity contribution is 0.0488. The predicted molar refractivity (Wildman–Crippen MR) is 72.9 cm³/mol. The molecular formula is C14H23N3O2. The number of hydrogen-bond donors (Lipinski definition) is 1. The lowest BCUT2D eigenvalue weighted by Crippen LogP contribution is -2.46. The normalized spacial score (nSPS) is 23.7. The van der Waals surface area contributed by atoms with Crippen LogP contribution in [0.4, 0.5) is 0 Å². The molecule has 2 heterocycles. The van der Waals surface area contributed by atoms with Gasteiger partial charge in [-0.1, -0.05) is 6.92 Å². The Hall–Kier alpha value is -1.36. The summed E-state index contributed by atoms with van der Waals surface area (Å²) in [5.74, 6) is 0.262. The van der Waals surface area contributed by atoms with Crippen molar-refractivity contribution in [1.82, 2.24) is 14.7 Å². The van der Waals surface area contributed by atoms with Gasteiger partial charge in [0.25, 0.3) is 5.91 Å². The summed E-state index contributed by atoms with van der Waals surface area (Å²) in [6, 6.07) is 0.236. The van der Waals surface area contributed by atoms with E-state index in [4.69, 9.17) is 0 Å². The van der Waals surface area contributed by atoms with Crippen LogP contribution < -0.4 is 0 Å². The number of rotatable bonds is 3. The van der Waals surface area contributed by atoms with Crippen LogP contribution in [0.2, 0.25) is 0 Å². The van der Waals surface area contributed by atoms with Crippen molar-refractivity contribution >= 4 is 5.91 Å². The second kappa shape index (κ2) is 5.74. The fourth-order valence-corrected chi connectivity index (χ4v) is 2.74. The third-order valence-electron chi connectivity index (χ3n) is 3.97. The number of aliphatic hydroxyl groups is 1. The zero-order valence-corrected chi connectivity index (χ0v) is 12.0. The summed E-state index contributed by atoms with van der Waals surface area (Å²) < 4.78 is 1.70. The molecule has 0 aliphatic carbocycles. The molecular weight excluding hydrogens is 242 g/mol. The Bertz CT molecular complexity index is 456. The van der Waals surface area contributed by atoms with E-state index in [-0.39, 0.29) is 24.5 Å². The van der Waals surface area contributed by atoms with Gasteiger partial charge in [0, 0.05) is 32.4 Å². The largest absolute Gasteiger partial charge is 0.396 e. The Labute approximate surface area is 114 Å². The number of carbonyl (C=O) groups is 1. The van der Waals surface area contributed by atoms with Gasteiger partial charge in [0.1, 0.15) is 0 Å². The highest BCUT2D eigenvalue weighted by molar-refractivity contribution is 5.95. The van der Waals surface area contributed by atoms with Crippen molar-refractivity contribution in [3.05, 3.63) is 17.5 Å². The van der Waals surface area contributed by atoms with Gasteiger partial charge >= 0.3 is 0 Å². The zero-order chi connectivity index (χ0) is 14.0. The van der Waals surface area contributed by atoms with E-state index < -0.39 is 0 Å². The Balaban J connectivity index is 2.21. The third-order valence-corrected chi connectivity index (χ3v) is 3.97. The van der Waals surface area contributed by atoms with Gasteiger partial charge in [-0.05, 0) is 32.1 Å². The van der Waals surface area contributed by atoms with Crippen LogP contribution in [-0.2, 0) is 13.5 Å². The fraction of sp³-hybridized carbons (Fsp3) is 0.714. The first-order valence-electron chi connectivity index (χ1n) is 7.01. The van der Waals surface area contributed by atoms with Gasteiger partial charge in [-0.15, -0.1) is 0 Å². The highest BCUT2D eigenvalue weighted by atomic mass is 16.3. The molecule has 19 heavy (non-hydrogen) atoms. The summed E-state index contributed by atoms with van der Waals surface area (Å²) in [6.07, 6.45) is 4.51. The maximum atomic E-state index is 12.7. The second-order valence-electron chi connectivity index (χ2n) is 5.45. The van der Waals surface area contributed by atoms with Crippen LogP contribution in [0.3, 0.4) is 0 Å². The molecule has 0 bridgehead atoms. The van der Waals surface area contributed by atoms with Gasteiger partial charge in [-0.25, -0.2) is 0 Å². The lowest BCUT2D eigenvalue weighted by Gasteiger charge is -2.37. The van der Waals surface area contributed by atoms with Crippen LogP contribution in [0.5, 0.6) is 0 Å². The number of nitrogens with zero attached hydrogens (tertiary/aromatic N) is 3. The van der Waals surface area contributed by atoms with Crippen molar-refractivity contribution < 1.29 is 9.90 Å². The highest BCUT2D eigenvalue weighted by Gasteiger charge is 2.30. The van der Waals surface area contributed by atoms with E-state index in [0.717, 1.165) is 25.0 Å². The van der Waals surface area contributed by atoms with E-state index in [1.165, 1.54) is 0 Å². The molecule has 0 aromatic carbocycles. The SMILES string of the molecule is CCc1nn(C)cc1C(=O)N1CC(CO)CCC1C. The number of hydrogen-bond acceptors (Lipinski definition) is 3. The molecule has 0 spiro atoms. The van der Waals surface area contributed by atoms with E-state index in [0.29, 0.717) is 12.1 Å². The predicted octanol–water partition coefficient (Wildman–Crippen LogP) is 1.22. The van der Waals surface area contributed by atoms with E-state index in [9.17, 15) is 9.90 Å². The van der Waals surface area contributed by atoms with E-state index in [2.05, 4.69) is 12.0 Å². The van der Waals surface area contributed by atoms with Crippen LogP contribution in [0, 0.1) is 5.92 Å². The van der Waals surface area contributed by atoms with Crippen molar-refractivity contribution in [2.24, 2.45) is 13.0 Å². The summed E-state index contributed by atoms with van der Waals surface area (Å²) in [6.45, 7) is 4.89. The van der Waals surface area contributed by atoms with Gasteiger partial charge in [-0.2, -0.15) is 5.10 Å². The average molecular weight is 265 g/mol. The Morgan fingerprint density at radius 2 is 2.26 bits per heavy atom. The minimum absolute atomic E-state index is 0.0515. The smallest absolute Gasteiger partial charge is 0.257 e. The molecule has 106 valence electrons. The summed E-state index contributed by atoms with van der Waals surface area (Å²) in [4.78, 5) is 14.5. The number of amides is 1. The molecule has 1 N–H and O–H groups in total. The summed E-state index contributed by atoms with van der Waals surface area (Å²) in [5, 5.41) is 13.6. The molecule has 1 aliphatic rings. The lowest BCUT2D eigenvalue weighted by atomic mass is 9.93. The van der Waals surface area contributed by atoms with Crippen LogP contribution in [0.25, 0.3) is 0 Å². The van der Waals surface area contributed by atoms with Crippen molar-refractivity contribution in [2.45, 2.75) is 39.2 Å². The third kappa shape index (κ3) is 2.81. The van der Waals surface area contributed by atoms with Crippen molar-refractivity contribution in [1.29, 1.82) is 0 Å². The number of aryl methyl sites for hydroxylation is 2. The van der Waals surface area contributed by atoms with Gasteiger partial charge in [0.05, 0.1) is 11.3 Å². The molecule has 5 heteroatoms. The molecule has 5 nitrogen and oxygen atoms in total. The van der Waals surface area contributed by atoms with Gasteiger partial charge < -0.3 is 10.0 Å². The van der Waals surface area contributed by atoms with Crippen LogP contribution in [0.15, 0.2) is 6.20 Å². The Morgan fingerprint density at radius 3 is 2.89 bits per heavy atom. The number of aliphatic hydroxyl groups excluding tert-OH is 1. The van der Waals surface area contributed by atoms with Gasteiger partial charge in [-0.3, -0.25) is 9.48 Å². The van der Waals surface area contributed by atoms with E-state index in [1.807, 2.05) is 18.9 Å². The van der Waals surface area contributed by atoms with Gasteiger partial charge in [0.15, 0.2) is 0 Å². The molecule has 1 aromatic heterocycles. The first-order chi connectivity index (χ1) is 9.06. The maximum absolute atomic E-state index is 12.7. The van der Waals surface area contributed by atoms with Crippen LogP contribution >= 0.6 is 0 Å². The van der Waals surface area contributed by atoms with Crippen molar-refractivity contribution in [2.75, 3.05) is 13.2 Å². The van der Waals surface area contributed by atoms with Crippen molar-refractivity contribution in [3.63, 3.8) is 0 Å². The minimum atomic E-state index is 0.0515. The molecule has 0 saturated carbocycles. The molecule has 1 aliphatic heterocycles. The molecule has 0 radical (unpaired) electrons. The number of aromatic nitrogens is 2. The molecule has 1 saturated heterocycles. The van der Waals surface area contributed by atoms with Crippen LogP contribution in [-0.4, -0.2) is 44.9 Å². The maximum Gasteiger partial charge on any atom is 0.257 e. The number of likely N-dealkylation sites (tertiary alicyclic amines) is 1. The first-order valence-corrected chi connectivity index (χ1v) is 7.01. The van der Waals surface area contributed by atoms with Gasteiger partial charge in [0.2, 0.25) is 0 Å². The number of carbonyl (C=O) groups excluding carboxylic acids is 1. The molecule has 1 fully saturated rings. The highest BCUT2D eigenvalue weighted by Crippen LogP contribution is 2.24. The zero-order valence-electron chi connectivity index (χ0n) is 12.0. The summed E-state index contributed by atoms with van der Waals surface area (Å²) >= 11 is 0. The second-order valence-corrected chi connectivity index (χ2v) is 5.45. The summed E-state index contributed by atoms with van der Waals surface area (Å²) in [5.41, 5.74) is 1.56. The van der Waals surface area contributed by atoms with E-state index >= 15 is 0 Å². The van der Waals surface area contributed by atoms with Crippen molar-refractivity contribution in [3.8, 4) is 0 Å². The minimum Gasteiger partial charge on any atom is -0.396 e. The summed E-state index contributed by atoms with van der Waals surface area (Å²) in [7, 11) is 1.84. The Morgan fingerprint density at radius 1 is 1.53 bits per heavy atom. The molecule has 2 unspecified atom stereocenters. The number of piperidine rings is 1. The topological polar surface area (TPSA) is 58.4 Å². The fourth-order valence-electron chi connectivity index (χ4n) is 2.74. The monoisotopic (exact) mass is 265 g/mol. The van der Waals surface area contributed by atoms with Crippen LogP contribution in [0.1, 0.15) is 42.7 Å². The molecule has 2 rings (SSSR count). The molecule has 1 amide bonds. The Kier molecular flexibility index (Phi) is 4.24. The standard InChI is InChI=1S/C14H23N3O2/c1-4-13-12(8-16(3)15-13)14(19)17-7-11(9-18)6-5-10(17)2/h8,10-11,18H,4-7,9H2,1-3H3. The quantitative estimate of drug-likeness (QED) is 0.894. The molecule has 2 atom stereocenters. The van der Waals surface area contributed by atoms with E-state index in [1.54, 1.807) is 10.9 Å². The average Bonchev–Trinajstić information content (AvgIpc) is 2.79.